The van der Waals surface area contributed by atoms with E-state index in [2.05, 4.69) is 15.0 Å². The Morgan fingerprint density at radius 2 is 2.00 bits per heavy atom. The maximum absolute atomic E-state index is 12.0. The summed E-state index contributed by atoms with van der Waals surface area (Å²) in [6.07, 6.45) is 1.36. The molecule has 0 aromatic carbocycles. The lowest BCUT2D eigenvalue weighted by atomic mass is 10.3. The molecule has 0 aliphatic heterocycles. The van der Waals surface area contributed by atoms with E-state index in [0.717, 1.165) is 6.08 Å². The maximum Gasteiger partial charge on any atom is 0.242 e. The van der Waals surface area contributed by atoms with E-state index in [1.54, 1.807) is 24.4 Å². The van der Waals surface area contributed by atoms with Crippen molar-refractivity contribution in [1.29, 1.82) is 0 Å². The van der Waals surface area contributed by atoms with Gasteiger partial charge in [0.2, 0.25) is 11.6 Å². The molecule has 0 aliphatic carbocycles. The third-order valence-corrected chi connectivity index (χ3v) is 3.27. The summed E-state index contributed by atoms with van der Waals surface area (Å²) in [5.74, 6) is 0. The van der Waals surface area contributed by atoms with Crippen LogP contribution in [0.15, 0.2) is 53.3 Å². The van der Waals surface area contributed by atoms with Crippen molar-refractivity contribution in [2.24, 2.45) is 0 Å². The fraction of sp³-hybridized carbons (Fsp3) is 0.154. The lowest BCUT2D eigenvalue weighted by Gasteiger charge is -2.01. The van der Waals surface area contributed by atoms with Gasteiger partial charge in [0.05, 0.1) is 11.4 Å². The molecule has 0 saturated heterocycles. The first-order chi connectivity index (χ1) is 9.66. The van der Waals surface area contributed by atoms with E-state index in [-0.39, 0.29) is 5.16 Å². The molecular weight excluding hydrogens is 284 g/mol. The van der Waals surface area contributed by atoms with Crippen LogP contribution in [0.5, 0.6) is 0 Å². The molecule has 2 heterocycles. The van der Waals surface area contributed by atoms with Gasteiger partial charge in [0.1, 0.15) is 10.8 Å². The van der Waals surface area contributed by atoms with Crippen LogP contribution in [0, 0.1) is 0 Å². The highest BCUT2D eigenvalue weighted by Crippen LogP contribution is 2.14. The lowest BCUT2D eigenvalue weighted by molar-refractivity contribution is 0.152. The molecule has 0 aliphatic rings. The number of pyridine rings is 1. The Labute approximate surface area is 117 Å². The summed E-state index contributed by atoms with van der Waals surface area (Å²) in [7, 11) is -1.65. The van der Waals surface area contributed by atoms with Crippen molar-refractivity contribution in [3.63, 3.8) is 0 Å². The van der Waals surface area contributed by atoms with Crippen LogP contribution in [-0.4, -0.2) is 25.6 Å². The van der Waals surface area contributed by atoms with E-state index >= 15 is 0 Å². The Morgan fingerprint density at radius 1 is 1.15 bits per heavy atom. The molecule has 0 saturated carbocycles. The van der Waals surface area contributed by atoms with Crippen LogP contribution in [0.2, 0.25) is 0 Å². The molecule has 2 aromatic heterocycles. The highest BCUT2D eigenvalue weighted by Gasteiger charge is 2.07. The quantitative estimate of drug-likeness (QED) is 0.796. The average Bonchev–Trinajstić information content (AvgIpc) is 2.48. The standard InChI is InChI=1S/C13H11F2N3OS/c14-12(15)5-3-9-20(19)13-17-8-6-11(18-13)10-4-1-2-7-16-10/h1-4,6-9,12H,5H2. The molecular formula is C13H11F2N3OS. The van der Waals surface area contributed by atoms with Gasteiger partial charge in [-0.1, -0.05) is 12.1 Å². The minimum absolute atomic E-state index is 0.0682. The smallest absolute Gasteiger partial charge is 0.242 e. The van der Waals surface area contributed by atoms with Crippen LogP contribution in [-0.2, 0) is 10.8 Å². The highest BCUT2D eigenvalue weighted by molar-refractivity contribution is 7.87. The SMILES string of the molecule is O=S(C=CCC(F)F)c1nccc(-c2ccccn2)n1. The molecule has 0 radical (unpaired) electrons. The molecule has 7 heteroatoms. The Bertz CT molecular complexity index is 620. The topological polar surface area (TPSA) is 55.7 Å². The number of rotatable bonds is 5. The molecule has 20 heavy (non-hydrogen) atoms. The molecule has 1 atom stereocenters. The minimum atomic E-state index is -2.45. The molecule has 2 aromatic rings. The lowest BCUT2D eigenvalue weighted by Crippen LogP contribution is -1.98. The van der Waals surface area contributed by atoms with Crippen LogP contribution < -0.4 is 0 Å². The third kappa shape index (κ3) is 3.99. The summed E-state index contributed by atoms with van der Waals surface area (Å²) in [5.41, 5.74) is 1.16. The summed E-state index contributed by atoms with van der Waals surface area (Å²) < 4.78 is 35.8. The summed E-state index contributed by atoms with van der Waals surface area (Å²) in [4.78, 5) is 12.1. The van der Waals surface area contributed by atoms with E-state index in [4.69, 9.17) is 0 Å². The van der Waals surface area contributed by atoms with Crippen LogP contribution in [0.4, 0.5) is 8.78 Å². The zero-order chi connectivity index (χ0) is 14.4. The van der Waals surface area contributed by atoms with Crippen molar-refractivity contribution in [3.8, 4) is 11.4 Å². The summed E-state index contributed by atoms with van der Waals surface area (Å²) in [6, 6.07) is 6.99. The van der Waals surface area contributed by atoms with Gasteiger partial charge in [-0.2, -0.15) is 0 Å². The predicted octanol–water partition coefficient (Wildman–Crippen LogP) is 2.82. The van der Waals surface area contributed by atoms with Crippen molar-refractivity contribution in [3.05, 3.63) is 48.1 Å². The summed E-state index contributed by atoms with van der Waals surface area (Å²) in [5, 5.41) is 1.24. The van der Waals surface area contributed by atoms with Gasteiger partial charge in [-0.05, 0) is 18.2 Å². The van der Waals surface area contributed by atoms with Crippen LogP contribution >= 0.6 is 0 Å². The highest BCUT2D eigenvalue weighted by atomic mass is 32.2. The summed E-state index contributed by atoms with van der Waals surface area (Å²) in [6.45, 7) is 0. The van der Waals surface area contributed by atoms with E-state index in [1.165, 1.54) is 11.6 Å². The third-order valence-electron chi connectivity index (χ3n) is 2.27. The molecule has 0 amide bonds. The fourth-order valence-electron chi connectivity index (χ4n) is 1.40. The van der Waals surface area contributed by atoms with Gasteiger partial charge in [0, 0.05) is 24.2 Å². The van der Waals surface area contributed by atoms with Crippen molar-refractivity contribution < 1.29 is 13.0 Å². The Balaban J connectivity index is 2.18. The van der Waals surface area contributed by atoms with Gasteiger partial charge >= 0.3 is 0 Å². The normalized spacial score (nSPS) is 12.9. The zero-order valence-electron chi connectivity index (χ0n) is 10.3. The first-order valence-electron chi connectivity index (χ1n) is 5.76. The molecule has 2 rings (SSSR count). The van der Waals surface area contributed by atoms with Crippen molar-refractivity contribution >= 4 is 10.8 Å². The summed E-state index contributed by atoms with van der Waals surface area (Å²) >= 11 is 0. The minimum Gasteiger partial charge on any atom is -0.255 e. The first kappa shape index (κ1) is 14.4. The number of allylic oxidation sites excluding steroid dienone is 1. The number of halogens is 2. The molecule has 0 fully saturated rings. The van der Waals surface area contributed by atoms with Crippen molar-refractivity contribution in [2.75, 3.05) is 0 Å². The second-order valence-corrected chi connectivity index (χ2v) is 4.97. The van der Waals surface area contributed by atoms with Crippen molar-refractivity contribution in [2.45, 2.75) is 18.0 Å². The Kier molecular flexibility index (Phi) is 5.00. The zero-order valence-corrected chi connectivity index (χ0v) is 11.1. The molecule has 4 nitrogen and oxygen atoms in total. The molecule has 0 spiro atoms. The molecule has 1 unspecified atom stereocenters. The van der Waals surface area contributed by atoms with Gasteiger partial charge in [-0.3, -0.25) is 4.98 Å². The number of aromatic nitrogens is 3. The molecule has 0 bridgehead atoms. The van der Waals surface area contributed by atoms with Crippen LogP contribution in [0.1, 0.15) is 6.42 Å². The molecule has 0 N–H and O–H groups in total. The second kappa shape index (κ2) is 6.95. The van der Waals surface area contributed by atoms with Gasteiger partial charge in [-0.25, -0.2) is 23.0 Å². The fourth-order valence-corrected chi connectivity index (χ4v) is 2.16. The largest absolute Gasteiger partial charge is 0.255 e. The van der Waals surface area contributed by atoms with E-state index < -0.39 is 23.6 Å². The number of hydrogen-bond acceptors (Lipinski definition) is 4. The van der Waals surface area contributed by atoms with Crippen LogP contribution in [0.25, 0.3) is 11.4 Å². The predicted molar refractivity (Wildman–Crippen MR) is 71.4 cm³/mol. The van der Waals surface area contributed by atoms with E-state index in [0.29, 0.717) is 11.4 Å². The molecule has 104 valence electrons. The van der Waals surface area contributed by atoms with Crippen molar-refractivity contribution in [1.82, 2.24) is 15.0 Å². The van der Waals surface area contributed by atoms with Gasteiger partial charge in [-0.15, -0.1) is 0 Å². The first-order valence-corrected chi connectivity index (χ1v) is 6.98. The second-order valence-electron chi connectivity index (χ2n) is 3.74. The maximum atomic E-state index is 12.0. The monoisotopic (exact) mass is 295 g/mol. The number of nitrogens with zero attached hydrogens (tertiary/aromatic N) is 3. The van der Waals surface area contributed by atoms with E-state index in [9.17, 15) is 13.0 Å². The number of alkyl halides is 2. The van der Waals surface area contributed by atoms with Gasteiger partial charge < -0.3 is 0 Å². The van der Waals surface area contributed by atoms with Gasteiger partial charge in [0.15, 0.2) is 0 Å². The Morgan fingerprint density at radius 3 is 2.70 bits per heavy atom. The van der Waals surface area contributed by atoms with Crippen LogP contribution in [0.3, 0.4) is 0 Å². The Hall–Kier alpha value is -2.02. The van der Waals surface area contributed by atoms with E-state index in [1.807, 2.05) is 6.07 Å². The number of hydrogen-bond donors (Lipinski definition) is 0. The average molecular weight is 295 g/mol. The van der Waals surface area contributed by atoms with Gasteiger partial charge in [0.25, 0.3) is 0 Å².